The fraction of sp³-hybridized carbons (Fsp3) is 0.0909. The Morgan fingerprint density at radius 3 is 2.71 bits per heavy atom. The fourth-order valence-corrected chi connectivity index (χ4v) is 1.52. The average molecular weight is 233 g/mol. The van der Waals surface area contributed by atoms with E-state index in [2.05, 4.69) is 5.16 Å². The molecule has 2 aromatic rings. The van der Waals surface area contributed by atoms with Gasteiger partial charge in [-0.05, 0) is 24.3 Å². The molecule has 0 saturated carbocycles. The van der Waals surface area contributed by atoms with Gasteiger partial charge in [0.15, 0.2) is 5.69 Å². The molecule has 1 aromatic carbocycles. The number of oxime groups is 1. The van der Waals surface area contributed by atoms with Gasteiger partial charge in [0.05, 0.1) is 7.11 Å². The summed E-state index contributed by atoms with van der Waals surface area (Å²) in [5.74, 6) is 0.730. The number of benzene rings is 1. The van der Waals surface area contributed by atoms with Crippen LogP contribution in [-0.2, 0) is 0 Å². The molecule has 0 atom stereocenters. The summed E-state index contributed by atoms with van der Waals surface area (Å²) in [6.07, 6.45) is 3.85. The van der Waals surface area contributed by atoms with Crippen molar-refractivity contribution in [2.45, 2.75) is 0 Å². The Balaban J connectivity index is 2.44. The van der Waals surface area contributed by atoms with Crippen molar-refractivity contribution in [1.82, 2.24) is 4.57 Å². The van der Waals surface area contributed by atoms with Crippen molar-refractivity contribution in [2.24, 2.45) is 5.16 Å². The molecule has 6 nitrogen and oxygen atoms in total. The van der Waals surface area contributed by atoms with Gasteiger partial charge >= 0.3 is 0 Å². The maximum Gasteiger partial charge on any atom is 0.252 e. The number of nitrogens with zero attached hydrogens (tertiary/aromatic N) is 3. The normalized spacial score (nSPS) is 10.9. The first-order chi connectivity index (χ1) is 8.24. The largest absolute Gasteiger partial charge is 0.711 e. The van der Waals surface area contributed by atoms with Gasteiger partial charge in [-0.1, -0.05) is 5.16 Å². The lowest BCUT2D eigenvalue weighted by atomic mass is 10.3. The highest BCUT2D eigenvalue weighted by atomic mass is 16.5. The number of hydrogen-bond donors (Lipinski definition) is 1. The predicted octanol–water partition coefficient (Wildman–Crippen LogP) is 0.927. The van der Waals surface area contributed by atoms with E-state index in [0.29, 0.717) is 10.4 Å². The number of imidazole rings is 1. The van der Waals surface area contributed by atoms with E-state index in [4.69, 9.17) is 9.94 Å². The summed E-state index contributed by atoms with van der Waals surface area (Å²) < 4.78 is 7.29. The molecule has 0 amide bonds. The Hall–Kier alpha value is -2.50. The summed E-state index contributed by atoms with van der Waals surface area (Å²) in [6.45, 7) is 0. The van der Waals surface area contributed by atoms with Gasteiger partial charge in [-0.3, -0.25) is 0 Å². The van der Waals surface area contributed by atoms with Gasteiger partial charge in [-0.2, -0.15) is 4.57 Å². The average Bonchev–Trinajstić information content (AvgIpc) is 2.71. The second-order valence-electron chi connectivity index (χ2n) is 3.34. The summed E-state index contributed by atoms with van der Waals surface area (Å²) in [6, 6.07) is 7.16. The zero-order valence-electron chi connectivity index (χ0n) is 9.15. The van der Waals surface area contributed by atoms with Crippen LogP contribution in [0.3, 0.4) is 0 Å². The Morgan fingerprint density at radius 2 is 2.12 bits per heavy atom. The molecular formula is C11H11N3O3. The van der Waals surface area contributed by atoms with E-state index in [1.165, 1.54) is 18.7 Å². The molecule has 0 aliphatic rings. The Labute approximate surface area is 97.6 Å². The molecule has 1 aromatic heterocycles. The predicted molar refractivity (Wildman–Crippen MR) is 60.7 cm³/mol. The summed E-state index contributed by atoms with van der Waals surface area (Å²) in [5.41, 5.74) is 1.25. The van der Waals surface area contributed by atoms with E-state index < -0.39 is 0 Å². The number of aromatic nitrogens is 2. The van der Waals surface area contributed by atoms with Crippen LogP contribution in [0.15, 0.2) is 41.9 Å². The lowest BCUT2D eigenvalue weighted by Gasteiger charge is -2.00. The lowest BCUT2D eigenvalue weighted by molar-refractivity contribution is -0.604. The lowest BCUT2D eigenvalue weighted by Crippen LogP contribution is -2.21. The van der Waals surface area contributed by atoms with Gasteiger partial charge in [0.2, 0.25) is 0 Å². The molecule has 17 heavy (non-hydrogen) atoms. The number of hydrogen-bond acceptors (Lipinski definition) is 4. The molecule has 6 heteroatoms. The molecule has 0 aliphatic heterocycles. The first-order valence-electron chi connectivity index (χ1n) is 4.87. The monoisotopic (exact) mass is 233 g/mol. The van der Waals surface area contributed by atoms with Crippen LogP contribution in [0.1, 0.15) is 5.69 Å². The van der Waals surface area contributed by atoms with E-state index >= 15 is 0 Å². The third-order valence-electron chi connectivity index (χ3n) is 2.31. The van der Waals surface area contributed by atoms with Crippen molar-refractivity contribution >= 4 is 6.21 Å². The molecule has 1 heterocycles. The first kappa shape index (κ1) is 11.0. The van der Waals surface area contributed by atoms with Crippen LogP contribution in [0.2, 0.25) is 0 Å². The van der Waals surface area contributed by atoms with E-state index in [1.54, 1.807) is 35.9 Å². The number of rotatable bonds is 3. The van der Waals surface area contributed by atoms with Crippen molar-refractivity contribution in [3.8, 4) is 11.4 Å². The minimum Gasteiger partial charge on any atom is -0.711 e. The molecule has 1 N–H and O–H groups in total. The zero-order valence-corrected chi connectivity index (χ0v) is 9.15. The van der Waals surface area contributed by atoms with Crippen LogP contribution in [0, 0.1) is 5.21 Å². The van der Waals surface area contributed by atoms with Crippen LogP contribution < -0.4 is 9.47 Å². The number of methoxy groups -OCH3 is 1. The minimum absolute atomic E-state index is 0.479. The molecule has 0 unspecified atom stereocenters. The standard InChI is InChI=1S/C11H11N3O3/c1-17-11-4-2-9(3-5-11)14-8-13(16)7-10(14)6-12-15/h2-8,15H,1H3. The highest BCUT2D eigenvalue weighted by Crippen LogP contribution is 2.15. The van der Waals surface area contributed by atoms with Gasteiger partial charge < -0.3 is 15.2 Å². The highest BCUT2D eigenvalue weighted by molar-refractivity contribution is 5.77. The van der Waals surface area contributed by atoms with Gasteiger partial charge in [-0.15, -0.1) is 0 Å². The Morgan fingerprint density at radius 1 is 1.41 bits per heavy atom. The summed E-state index contributed by atoms with van der Waals surface area (Å²) in [5, 5.41) is 22.6. The second-order valence-corrected chi connectivity index (χ2v) is 3.34. The Kier molecular flexibility index (Phi) is 2.95. The Bertz CT molecular complexity index is 531. The zero-order chi connectivity index (χ0) is 12.3. The third kappa shape index (κ3) is 2.20. The maximum absolute atomic E-state index is 11.2. The van der Waals surface area contributed by atoms with Gasteiger partial charge in [0.25, 0.3) is 6.33 Å². The summed E-state index contributed by atoms with van der Waals surface area (Å²) in [4.78, 5) is 0. The van der Waals surface area contributed by atoms with E-state index in [0.717, 1.165) is 11.4 Å². The van der Waals surface area contributed by atoms with Gasteiger partial charge in [0, 0.05) is 0 Å². The molecule has 0 saturated heterocycles. The molecule has 0 aliphatic carbocycles. The van der Waals surface area contributed by atoms with Crippen molar-refractivity contribution in [3.05, 3.63) is 47.7 Å². The minimum atomic E-state index is 0.479. The van der Waals surface area contributed by atoms with Crippen molar-refractivity contribution in [3.63, 3.8) is 0 Å². The van der Waals surface area contributed by atoms with Gasteiger partial charge in [0.1, 0.15) is 23.8 Å². The van der Waals surface area contributed by atoms with Crippen LogP contribution in [0.5, 0.6) is 5.75 Å². The van der Waals surface area contributed by atoms with E-state index in [9.17, 15) is 5.21 Å². The van der Waals surface area contributed by atoms with Crippen molar-refractivity contribution < 1.29 is 14.7 Å². The number of ether oxygens (including phenoxy) is 1. The topological polar surface area (TPSA) is 73.7 Å². The molecular weight excluding hydrogens is 222 g/mol. The second kappa shape index (κ2) is 4.56. The summed E-state index contributed by atoms with van der Waals surface area (Å²) in [7, 11) is 1.58. The van der Waals surface area contributed by atoms with Crippen LogP contribution in [-0.4, -0.2) is 23.1 Å². The maximum atomic E-state index is 11.2. The van der Waals surface area contributed by atoms with Crippen LogP contribution >= 0.6 is 0 Å². The smallest absolute Gasteiger partial charge is 0.252 e. The first-order valence-corrected chi connectivity index (χ1v) is 4.87. The molecule has 88 valence electrons. The van der Waals surface area contributed by atoms with E-state index in [1.807, 2.05) is 0 Å². The molecule has 2 rings (SSSR count). The van der Waals surface area contributed by atoms with E-state index in [-0.39, 0.29) is 0 Å². The quantitative estimate of drug-likeness (QED) is 0.282. The molecule has 0 radical (unpaired) electrons. The summed E-state index contributed by atoms with van der Waals surface area (Å²) >= 11 is 0. The third-order valence-corrected chi connectivity index (χ3v) is 2.31. The highest BCUT2D eigenvalue weighted by Gasteiger charge is 2.11. The fourth-order valence-electron chi connectivity index (χ4n) is 1.52. The van der Waals surface area contributed by atoms with Gasteiger partial charge in [-0.25, -0.2) is 4.73 Å². The van der Waals surface area contributed by atoms with Crippen LogP contribution in [0.4, 0.5) is 0 Å². The molecule has 0 fully saturated rings. The van der Waals surface area contributed by atoms with Crippen molar-refractivity contribution in [1.29, 1.82) is 0 Å². The SMILES string of the molecule is COc1ccc(-n2c[n+]([O-])cc2C=NO)cc1. The van der Waals surface area contributed by atoms with Crippen molar-refractivity contribution in [2.75, 3.05) is 7.11 Å². The molecule has 0 spiro atoms. The van der Waals surface area contributed by atoms with Crippen LogP contribution in [0.25, 0.3) is 5.69 Å². The molecule has 0 bridgehead atoms.